The van der Waals surface area contributed by atoms with E-state index in [0.717, 1.165) is 20.8 Å². The molecule has 4 nitrogen and oxygen atoms in total. The number of nitrogens with two attached hydrogens (primary N) is 1. The minimum absolute atomic E-state index is 0.0737. The Morgan fingerprint density at radius 1 is 1.40 bits per heavy atom. The van der Waals surface area contributed by atoms with E-state index in [-0.39, 0.29) is 5.91 Å². The van der Waals surface area contributed by atoms with E-state index in [2.05, 4.69) is 10.3 Å². The zero-order chi connectivity index (χ0) is 14.1. The highest BCUT2D eigenvalue weighted by atomic mass is 32.1. The molecule has 102 valence electrons. The molecule has 0 aliphatic carbocycles. The van der Waals surface area contributed by atoms with Crippen LogP contribution >= 0.6 is 22.7 Å². The predicted octanol–water partition coefficient (Wildman–Crippen LogP) is 3.18. The topological polar surface area (TPSA) is 68.0 Å². The monoisotopic (exact) mass is 303 g/mol. The van der Waals surface area contributed by atoms with Gasteiger partial charge < -0.3 is 11.1 Å². The molecule has 3 N–H and O–H groups in total. The first-order valence-corrected chi connectivity index (χ1v) is 7.80. The van der Waals surface area contributed by atoms with Crippen molar-refractivity contribution in [2.24, 2.45) is 0 Å². The highest BCUT2D eigenvalue weighted by Gasteiger charge is 2.10. The van der Waals surface area contributed by atoms with Crippen molar-refractivity contribution < 1.29 is 4.79 Å². The Balaban J connectivity index is 1.75. The van der Waals surface area contributed by atoms with Gasteiger partial charge in [0.25, 0.3) is 5.91 Å². The second-order valence-electron chi connectivity index (χ2n) is 4.45. The minimum Gasteiger partial charge on any atom is -0.399 e. The van der Waals surface area contributed by atoms with Gasteiger partial charge in [0.2, 0.25) is 0 Å². The highest BCUT2D eigenvalue weighted by Crippen LogP contribution is 2.27. The largest absolute Gasteiger partial charge is 0.399 e. The summed E-state index contributed by atoms with van der Waals surface area (Å²) < 4.78 is 1.06. The Labute approximate surface area is 124 Å². The Morgan fingerprint density at radius 3 is 3.00 bits per heavy atom. The molecule has 0 aliphatic heterocycles. The summed E-state index contributed by atoms with van der Waals surface area (Å²) in [5.41, 5.74) is 7.35. The van der Waals surface area contributed by atoms with Crippen LogP contribution in [0.15, 0.2) is 29.6 Å². The summed E-state index contributed by atoms with van der Waals surface area (Å²) in [6, 6.07) is 7.54. The van der Waals surface area contributed by atoms with Crippen LogP contribution in [0, 0.1) is 6.92 Å². The quantitative estimate of drug-likeness (QED) is 0.730. The van der Waals surface area contributed by atoms with Gasteiger partial charge in [0, 0.05) is 15.8 Å². The molecule has 2 heterocycles. The average molecular weight is 303 g/mol. The van der Waals surface area contributed by atoms with Crippen LogP contribution in [-0.2, 0) is 6.54 Å². The van der Waals surface area contributed by atoms with Crippen molar-refractivity contribution in [3.8, 4) is 0 Å². The first-order valence-electron chi connectivity index (χ1n) is 6.10. The van der Waals surface area contributed by atoms with E-state index in [1.165, 1.54) is 11.3 Å². The third-order valence-corrected chi connectivity index (χ3v) is 4.80. The number of hydrogen-bond donors (Lipinski definition) is 2. The third kappa shape index (κ3) is 2.66. The maximum Gasteiger partial charge on any atom is 0.261 e. The number of thiazole rings is 1. The number of anilines is 1. The molecule has 20 heavy (non-hydrogen) atoms. The fourth-order valence-electron chi connectivity index (χ4n) is 1.92. The molecule has 6 heteroatoms. The number of aromatic nitrogens is 1. The standard InChI is InChI=1S/C14H13N3OS2/c1-8-17-11(7-19-8)6-16-14(18)13-5-9-4-10(15)2-3-12(9)20-13/h2-5,7H,6,15H2,1H3,(H,16,18). The molecule has 1 amide bonds. The van der Waals surface area contributed by atoms with Gasteiger partial charge >= 0.3 is 0 Å². The summed E-state index contributed by atoms with van der Waals surface area (Å²) in [6.07, 6.45) is 0. The molecule has 2 aromatic heterocycles. The van der Waals surface area contributed by atoms with Gasteiger partial charge in [-0.2, -0.15) is 0 Å². The van der Waals surface area contributed by atoms with Gasteiger partial charge in [0.05, 0.1) is 22.1 Å². The summed E-state index contributed by atoms with van der Waals surface area (Å²) >= 11 is 3.05. The second kappa shape index (κ2) is 5.22. The minimum atomic E-state index is -0.0737. The fraction of sp³-hybridized carbons (Fsp3) is 0.143. The average Bonchev–Trinajstić information content (AvgIpc) is 3.01. The Bertz CT molecular complexity index is 776. The molecule has 0 fully saturated rings. The van der Waals surface area contributed by atoms with Gasteiger partial charge in [-0.25, -0.2) is 4.98 Å². The van der Waals surface area contributed by atoms with Crippen molar-refractivity contribution in [2.45, 2.75) is 13.5 Å². The maximum atomic E-state index is 12.1. The van der Waals surface area contributed by atoms with Crippen LogP contribution in [0.25, 0.3) is 10.1 Å². The van der Waals surface area contributed by atoms with E-state index < -0.39 is 0 Å². The van der Waals surface area contributed by atoms with Crippen molar-refractivity contribution in [1.29, 1.82) is 0 Å². The lowest BCUT2D eigenvalue weighted by molar-refractivity contribution is 0.0954. The summed E-state index contributed by atoms with van der Waals surface area (Å²) in [5, 5.41) is 6.86. The van der Waals surface area contributed by atoms with E-state index >= 15 is 0 Å². The molecule has 0 unspecified atom stereocenters. The second-order valence-corrected chi connectivity index (χ2v) is 6.59. The van der Waals surface area contributed by atoms with Crippen LogP contribution in [0.2, 0.25) is 0 Å². The Morgan fingerprint density at radius 2 is 2.25 bits per heavy atom. The van der Waals surface area contributed by atoms with Gasteiger partial charge in [-0.15, -0.1) is 22.7 Å². The Kier molecular flexibility index (Phi) is 3.42. The van der Waals surface area contributed by atoms with Crippen molar-refractivity contribution in [3.63, 3.8) is 0 Å². The summed E-state index contributed by atoms with van der Waals surface area (Å²) in [6.45, 7) is 2.41. The number of carbonyl (C=O) groups is 1. The van der Waals surface area contributed by atoms with Crippen molar-refractivity contribution in [3.05, 3.63) is 45.2 Å². The molecule has 3 aromatic rings. The normalized spacial score (nSPS) is 10.8. The van der Waals surface area contributed by atoms with Crippen LogP contribution in [0.3, 0.4) is 0 Å². The van der Waals surface area contributed by atoms with Crippen LogP contribution in [-0.4, -0.2) is 10.9 Å². The lowest BCUT2D eigenvalue weighted by atomic mass is 10.2. The summed E-state index contributed by atoms with van der Waals surface area (Å²) in [4.78, 5) is 17.1. The number of nitrogens with one attached hydrogen (secondary N) is 1. The highest BCUT2D eigenvalue weighted by molar-refractivity contribution is 7.20. The first-order chi connectivity index (χ1) is 9.61. The molecule has 0 saturated carbocycles. The number of thiophene rings is 1. The predicted molar refractivity (Wildman–Crippen MR) is 84.3 cm³/mol. The SMILES string of the molecule is Cc1nc(CNC(=O)c2cc3cc(N)ccc3s2)cs1. The number of hydrogen-bond acceptors (Lipinski definition) is 5. The number of aryl methyl sites for hydroxylation is 1. The van der Waals surface area contributed by atoms with Gasteiger partial charge in [0.1, 0.15) is 0 Å². The van der Waals surface area contributed by atoms with E-state index in [1.54, 1.807) is 11.3 Å². The zero-order valence-electron chi connectivity index (χ0n) is 10.8. The van der Waals surface area contributed by atoms with E-state index in [1.807, 2.05) is 36.6 Å². The molecule has 0 bridgehead atoms. The van der Waals surface area contributed by atoms with E-state index in [4.69, 9.17) is 5.73 Å². The number of nitrogen functional groups attached to an aromatic ring is 1. The van der Waals surface area contributed by atoms with Crippen molar-refractivity contribution >= 4 is 44.4 Å². The van der Waals surface area contributed by atoms with E-state index in [9.17, 15) is 4.79 Å². The summed E-state index contributed by atoms with van der Waals surface area (Å²) in [7, 11) is 0. The van der Waals surface area contributed by atoms with Gasteiger partial charge in [-0.3, -0.25) is 4.79 Å². The van der Waals surface area contributed by atoms with Gasteiger partial charge in [-0.05, 0) is 36.6 Å². The lowest BCUT2D eigenvalue weighted by Gasteiger charge is -1.99. The maximum absolute atomic E-state index is 12.1. The zero-order valence-corrected chi connectivity index (χ0v) is 12.5. The molecular formula is C14H13N3OS2. The van der Waals surface area contributed by atoms with Crippen LogP contribution in [0.5, 0.6) is 0 Å². The molecule has 1 aromatic carbocycles. The number of rotatable bonds is 3. The Hall–Kier alpha value is -1.92. The number of carbonyl (C=O) groups excluding carboxylic acids is 1. The van der Waals surface area contributed by atoms with Crippen molar-refractivity contribution in [2.75, 3.05) is 5.73 Å². The smallest absolute Gasteiger partial charge is 0.261 e. The first kappa shape index (κ1) is 13.1. The lowest BCUT2D eigenvalue weighted by Crippen LogP contribution is -2.21. The van der Waals surface area contributed by atoms with Gasteiger partial charge in [-0.1, -0.05) is 0 Å². The van der Waals surface area contributed by atoms with Crippen LogP contribution < -0.4 is 11.1 Å². The third-order valence-electron chi connectivity index (χ3n) is 2.86. The molecular weight excluding hydrogens is 290 g/mol. The number of benzene rings is 1. The number of fused-ring (bicyclic) bond motifs is 1. The van der Waals surface area contributed by atoms with Crippen LogP contribution in [0.4, 0.5) is 5.69 Å². The number of nitrogens with zero attached hydrogens (tertiary/aromatic N) is 1. The fourth-order valence-corrected chi connectivity index (χ4v) is 3.49. The van der Waals surface area contributed by atoms with E-state index in [0.29, 0.717) is 17.1 Å². The molecule has 0 spiro atoms. The van der Waals surface area contributed by atoms with Crippen LogP contribution in [0.1, 0.15) is 20.4 Å². The molecule has 3 rings (SSSR count). The van der Waals surface area contributed by atoms with Gasteiger partial charge in [0.15, 0.2) is 0 Å². The van der Waals surface area contributed by atoms with Crippen molar-refractivity contribution in [1.82, 2.24) is 10.3 Å². The molecule has 0 saturated heterocycles. The molecule has 0 aliphatic rings. The molecule has 0 atom stereocenters. The summed E-state index contributed by atoms with van der Waals surface area (Å²) in [5.74, 6) is -0.0737. The number of amides is 1. The molecule has 0 radical (unpaired) electrons.